The van der Waals surface area contributed by atoms with Gasteiger partial charge in [0.1, 0.15) is 6.10 Å². The van der Waals surface area contributed by atoms with Crippen LogP contribution in [0.5, 0.6) is 0 Å². The van der Waals surface area contributed by atoms with E-state index in [-0.39, 0.29) is 63.7 Å². The van der Waals surface area contributed by atoms with Crippen molar-refractivity contribution >= 4 is 5.97 Å². The first kappa shape index (κ1) is 23.5. The lowest BCUT2D eigenvalue weighted by Crippen LogP contribution is -2.75. The van der Waals surface area contributed by atoms with Crippen LogP contribution in [0.25, 0.3) is 0 Å². The Balaban J connectivity index is 1.37. The molecule has 2 bridgehead atoms. The third kappa shape index (κ3) is 2.26. The van der Waals surface area contributed by atoms with Gasteiger partial charge >= 0.3 is 5.97 Å². The van der Waals surface area contributed by atoms with Gasteiger partial charge in [0.2, 0.25) is 0 Å². The molecule has 7 rings (SSSR count). The highest BCUT2D eigenvalue weighted by molar-refractivity contribution is 5.82. The minimum absolute atomic E-state index is 0.00147. The molecule has 5 nitrogen and oxygen atoms in total. The van der Waals surface area contributed by atoms with Crippen LogP contribution in [0.3, 0.4) is 0 Å². The van der Waals surface area contributed by atoms with Gasteiger partial charge in [0.05, 0.1) is 24.2 Å². The zero-order valence-corrected chi connectivity index (χ0v) is 22.7. The first-order valence-corrected chi connectivity index (χ1v) is 14.4. The van der Waals surface area contributed by atoms with Crippen LogP contribution in [-0.4, -0.2) is 46.7 Å². The highest BCUT2D eigenvalue weighted by Gasteiger charge is 2.89. The van der Waals surface area contributed by atoms with Crippen LogP contribution in [0, 0.1) is 50.2 Å². The van der Waals surface area contributed by atoms with Gasteiger partial charge < -0.3 is 19.7 Å². The molecule has 0 aromatic rings. The van der Waals surface area contributed by atoms with E-state index in [2.05, 4.69) is 41.5 Å². The molecule has 0 aromatic carbocycles. The molecular formula is C30H46O5. The Labute approximate surface area is 210 Å². The van der Waals surface area contributed by atoms with Gasteiger partial charge in [-0.25, -0.2) is 0 Å². The fourth-order valence-electron chi connectivity index (χ4n) is 12.2. The second kappa shape index (κ2) is 6.31. The number of esters is 1. The number of carbonyl (C=O) groups is 1. The smallest absolute Gasteiger partial charge is 0.313 e. The molecule has 2 heterocycles. The largest absolute Gasteiger partial charge is 0.455 e. The first-order valence-electron chi connectivity index (χ1n) is 14.4. The maximum atomic E-state index is 13.8. The Morgan fingerprint density at radius 1 is 0.914 bits per heavy atom. The van der Waals surface area contributed by atoms with E-state index in [0.717, 1.165) is 57.8 Å². The predicted molar refractivity (Wildman–Crippen MR) is 131 cm³/mol. The maximum absolute atomic E-state index is 13.8. The molecule has 35 heavy (non-hydrogen) atoms. The molecule has 0 aromatic heterocycles. The predicted octanol–water partition coefficient (Wildman–Crippen LogP) is 4.87. The molecule has 1 spiro atoms. The summed E-state index contributed by atoms with van der Waals surface area (Å²) in [5.74, 6) is 0.952. The fourth-order valence-corrected chi connectivity index (χ4v) is 12.2. The molecule has 2 saturated heterocycles. The van der Waals surface area contributed by atoms with E-state index < -0.39 is 17.1 Å². The zero-order chi connectivity index (χ0) is 25.0. The van der Waals surface area contributed by atoms with E-state index >= 15 is 0 Å². The first-order chi connectivity index (χ1) is 16.3. The van der Waals surface area contributed by atoms with E-state index in [1.165, 1.54) is 0 Å². The van der Waals surface area contributed by atoms with Gasteiger partial charge in [0.25, 0.3) is 0 Å². The monoisotopic (exact) mass is 486 g/mol. The lowest BCUT2D eigenvalue weighted by Gasteiger charge is -2.72. The molecule has 2 aliphatic heterocycles. The summed E-state index contributed by atoms with van der Waals surface area (Å²) in [6, 6.07) is 0. The van der Waals surface area contributed by atoms with Gasteiger partial charge in [-0.15, -0.1) is 0 Å². The summed E-state index contributed by atoms with van der Waals surface area (Å²) in [4.78, 5) is 13.8. The Hall–Kier alpha value is -0.650. The van der Waals surface area contributed by atoms with Gasteiger partial charge in [-0.05, 0) is 85.9 Å². The molecule has 12 unspecified atom stereocenters. The molecule has 12 atom stereocenters. The van der Waals surface area contributed by atoms with Crippen molar-refractivity contribution in [1.82, 2.24) is 0 Å². The molecule has 7 aliphatic rings. The number of ether oxygens (including phenoxy) is 2. The van der Waals surface area contributed by atoms with Gasteiger partial charge in [0, 0.05) is 16.7 Å². The number of aliphatic hydroxyl groups is 2. The summed E-state index contributed by atoms with van der Waals surface area (Å²) in [7, 11) is 0. The molecular weight excluding hydrogens is 440 g/mol. The fraction of sp³-hybridized carbons (Fsp3) is 0.967. The van der Waals surface area contributed by atoms with Crippen molar-refractivity contribution < 1.29 is 24.5 Å². The maximum Gasteiger partial charge on any atom is 0.313 e. The SMILES string of the molecule is CC1(C)CCC23CCC4(C)C5(C)CCC6C(C)(CO)C(O)CCC6(C)C5C5OC5C4(OC2=O)C3C1. The average Bonchev–Trinajstić information content (AvgIpc) is 3.55. The number of aliphatic hydroxyl groups excluding tert-OH is 2. The lowest BCUT2D eigenvalue weighted by atomic mass is 9.30. The normalized spacial score (nSPS) is 63.6. The number of hydrogen-bond acceptors (Lipinski definition) is 5. The van der Waals surface area contributed by atoms with Crippen LogP contribution in [0.4, 0.5) is 0 Å². The summed E-state index contributed by atoms with van der Waals surface area (Å²) in [5.41, 5.74) is -1.20. The summed E-state index contributed by atoms with van der Waals surface area (Å²) in [5, 5.41) is 21.5. The van der Waals surface area contributed by atoms with Crippen LogP contribution in [-0.2, 0) is 14.3 Å². The number of hydrogen-bond donors (Lipinski definition) is 2. The van der Waals surface area contributed by atoms with Crippen molar-refractivity contribution in [1.29, 1.82) is 0 Å². The van der Waals surface area contributed by atoms with Crippen LogP contribution in [0.1, 0.15) is 99.3 Å². The van der Waals surface area contributed by atoms with E-state index in [1.807, 2.05) is 0 Å². The molecule has 5 saturated carbocycles. The third-order valence-electron chi connectivity index (χ3n) is 14.3. The molecule has 196 valence electrons. The zero-order valence-electron chi connectivity index (χ0n) is 22.7. The van der Waals surface area contributed by atoms with E-state index in [4.69, 9.17) is 9.47 Å². The van der Waals surface area contributed by atoms with Crippen molar-refractivity contribution in [2.45, 2.75) is 123 Å². The molecule has 0 amide bonds. The molecule has 5 aliphatic carbocycles. The van der Waals surface area contributed by atoms with Crippen molar-refractivity contribution in [2.24, 2.45) is 50.2 Å². The van der Waals surface area contributed by atoms with Crippen LogP contribution >= 0.6 is 0 Å². The Morgan fingerprint density at radius 2 is 1.63 bits per heavy atom. The number of fused-ring (bicyclic) bond motifs is 6. The van der Waals surface area contributed by atoms with Gasteiger partial charge in [-0.2, -0.15) is 0 Å². The Bertz CT molecular complexity index is 993. The topological polar surface area (TPSA) is 79.3 Å². The minimum Gasteiger partial charge on any atom is -0.455 e. The van der Waals surface area contributed by atoms with Gasteiger partial charge in [-0.1, -0.05) is 41.5 Å². The quantitative estimate of drug-likeness (QED) is 0.408. The van der Waals surface area contributed by atoms with E-state index in [1.54, 1.807) is 0 Å². The minimum atomic E-state index is -0.506. The summed E-state index contributed by atoms with van der Waals surface area (Å²) in [6.07, 6.45) is 8.55. The van der Waals surface area contributed by atoms with Gasteiger partial charge in [-0.3, -0.25) is 4.79 Å². The third-order valence-corrected chi connectivity index (χ3v) is 14.3. The Kier molecular flexibility index (Phi) is 4.23. The number of carbonyl (C=O) groups excluding carboxylic acids is 1. The van der Waals surface area contributed by atoms with Crippen LogP contribution in [0.2, 0.25) is 0 Å². The lowest BCUT2D eigenvalue weighted by molar-refractivity contribution is -0.277. The van der Waals surface area contributed by atoms with Crippen molar-refractivity contribution in [2.75, 3.05) is 6.61 Å². The highest BCUT2D eigenvalue weighted by atomic mass is 16.6. The molecule has 2 N–H and O–H groups in total. The number of epoxide rings is 1. The van der Waals surface area contributed by atoms with Crippen LogP contribution < -0.4 is 0 Å². The number of rotatable bonds is 1. The van der Waals surface area contributed by atoms with Gasteiger partial charge in [0.15, 0.2) is 5.60 Å². The van der Waals surface area contributed by atoms with E-state index in [9.17, 15) is 15.0 Å². The second-order valence-electron chi connectivity index (χ2n) is 15.8. The molecule has 0 radical (unpaired) electrons. The van der Waals surface area contributed by atoms with Crippen molar-refractivity contribution in [3.05, 3.63) is 0 Å². The van der Waals surface area contributed by atoms with Crippen molar-refractivity contribution in [3.8, 4) is 0 Å². The standard InChI is InChI=1S/C30H46O5/c1-24(2)11-13-29-14-12-28(6)27(5)10-7-17-25(3,9-8-19(32)26(17,4)16-31)21(27)20-22(34-20)30(28,18(29)15-24)35-23(29)33/h17-22,31-32H,7-16H2,1-6H3. The summed E-state index contributed by atoms with van der Waals surface area (Å²) >= 11 is 0. The molecule has 7 fully saturated rings. The Morgan fingerprint density at radius 3 is 2.34 bits per heavy atom. The molecule has 5 heteroatoms. The van der Waals surface area contributed by atoms with Crippen molar-refractivity contribution in [3.63, 3.8) is 0 Å². The van der Waals surface area contributed by atoms with Crippen LogP contribution in [0.15, 0.2) is 0 Å². The highest BCUT2D eigenvalue weighted by Crippen LogP contribution is 2.83. The summed E-state index contributed by atoms with van der Waals surface area (Å²) < 4.78 is 13.6. The average molecular weight is 487 g/mol. The summed E-state index contributed by atoms with van der Waals surface area (Å²) in [6.45, 7) is 14.3. The van der Waals surface area contributed by atoms with E-state index in [0.29, 0.717) is 5.92 Å². The second-order valence-corrected chi connectivity index (χ2v) is 15.8.